The maximum absolute atomic E-state index is 2.57. The van der Waals surface area contributed by atoms with Crippen LogP contribution in [0.2, 0.25) is 0 Å². The highest BCUT2D eigenvalue weighted by Crippen LogP contribution is 2.43. The van der Waals surface area contributed by atoms with Gasteiger partial charge in [-0.25, -0.2) is 0 Å². The monoisotopic (exact) mass is 123 g/mol. The minimum atomic E-state index is 0.927. The third-order valence-electron chi connectivity index (χ3n) is 2.89. The molecule has 0 nitrogen and oxygen atoms in total. The molecule has 2 aliphatic rings. The van der Waals surface area contributed by atoms with Gasteiger partial charge < -0.3 is 0 Å². The second-order valence-corrected chi connectivity index (χ2v) is 3.84. The average Bonchev–Trinajstić information content (AvgIpc) is 2.11. The van der Waals surface area contributed by atoms with E-state index in [-0.39, 0.29) is 0 Å². The molecule has 2 rings (SSSR count). The number of hydrogen-bond acceptors (Lipinski definition) is 0. The van der Waals surface area contributed by atoms with Gasteiger partial charge in [0.25, 0.3) is 0 Å². The normalized spacial score (nSPS) is 48.8. The van der Waals surface area contributed by atoms with Gasteiger partial charge >= 0.3 is 0 Å². The van der Waals surface area contributed by atoms with Gasteiger partial charge in [-0.1, -0.05) is 0 Å². The van der Waals surface area contributed by atoms with Crippen molar-refractivity contribution in [3.05, 3.63) is 6.42 Å². The lowest BCUT2D eigenvalue weighted by atomic mass is 9.82. The molecule has 2 bridgehead atoms. The van der Waals surface area contributed by atoms with Crippen molar-refractivity contribution in [2.24, 2.45) is 17.8 Å². The van der Waals surface area contributed by atoms with E-state index in [1.165, 1.54) is 25.7 Å². The average molecular weight is 123 g/mol. The van der Waals surface area contributed by atoms with Gasteiger partial charge in [0.15, 0.2) is 0 Å². The highest BCUT2D eigenvalue weighted by atomic mass is 14.4. The van der Waals surface area contributed by atoms with Crippen LogP contribution in [0.5, 0.6) is 0 Å². The van der Waals surface area contributed by atoms with E-state index in [9.17, 15) is 0 Å². The minimum absolute atomic E-state index is 0.927. The van der Waals surface area contributed by atoms with Crippen LogP contribution in [0.25, 0.3) is 0 Å². The van der Waals surface area contributed by atoms with Crippen LogP contribution in [0.3, 0.4) is 0 Å². The van der Waals surface area contributed by atoms with Gasteiger partial charge in [0, 0.05) is 0 Å². The summed E-state index contributed by atoms with van der Waals surface area (Å²) in [4.78, 5) is 0. The first-order chi connectivity index (χ1) is 4.34. The molecule has 0 heterocycles. The molecule has 2 saturated carbocycles. The lowest BCUT2D eigenvalue weighted by molar-refractivity contribution is 0.354. The maximum atomic E-state index is 2.57. The van der Waals surface area contributed by atoms with E-state index in [4.69, 9.17) is 0 Å². The molecule has 2 fully saturated rings. The molecule has 3 atom stereocenters. The zero-order valence-electron chi connectivity index (χ0n) is 6.14. The van der Waals surface area contributed by atoms with Crippen LogP contribution in [-0.4, -0.2) is 0 Å². The molecule has 0 unspecified atom stereocenters. The second kappa shape index (κ2) is 1.93. The zero-order valence-corrected chi connectivity index (χ0v) is 6.14. The molecular weight excluding hydrogens is 108 g/mol. The van der Waals surface area contributed by atoms with Gasteiger partial charge in [-0.15, -0.1) is 0 Å². The fourth-order valence-electron chi connectivity index (χ4n) is 2.57. The van der Waals surface area contributed by atoms with E-state index in [0.29, 0.717) is 0 Å². The van der Waals surface area contributed by atoms with Gasteiger partial charge in [0.05, 0.1) is 18.3 Å². The van der Waals surface area contributed by atoms with E-state index in [2.05, 4.69) is 13.3 Å². The Balaban J connectivity index is 2.03. The van der Waals surface area contributed by atoms with E-state index in [1.807, 2.05) is 0 Å². The molecule has 0 aromatic carbocycles. The van der Waals surface area contributed by atoms with Crippen LogP contribution in [0.4, 0.5) is 0 Å². The Morgan fingerprint density at radius 2 is 2.11 bits per heavy atom. The van der Waals surface area contributed by atoms with Crippen molar-refractivity contribution in [1.29, 1.82) is 0 Å². The summed E-state index contributed by atoms with van der Waals surface area (Å²) in [5.41, 5.74) is 0. The fourth-order valence-corrected chi connectivity index (χ4v) is 2.57. The first-order valence-corrected chi connectivity index (χ1v) is 4.19. The van der Waals surface area contributed by atoms with Gasteiger partial charge in [-0.05, 0) is 38.5 Å². The lowest BCUT2D eigenvalue weighted by Gasteiger charge is -2.16. The summed E-state index contributed by atoms with van der Waals surface area (Å²) in [6.07, 6.45) is 8.59. The molecule has 0 heteroatoms. The first-order valence-electron chi connectivity index (χ1n) is 4.19. The summed E-state index contributed by atoms with van der Waals surface area (Å²) in [6.45, 7) is 2.37. The summed E-state index contributed by atoms with van der Waals surface area (Å²) in [6, 6.07) is 0. The fraction of sp³-hybridized carbons (Fsp3) is 0.889. The van der Waals surface area contributed by atoms with Crippen LogP contribution < -0.4 is 0 Å². The Hall–Kier alpha value is -0.130. The van der Waals surface area contributed by atoms with Gasteiger partial charge in [-0.2, -0.15) is 0 Å². The molecule has 2 aliphatic carbocycles. The lowest BCUT2D eigenvalue weighted by Crippen LogP contribution is -2.13. The van der Waals surface area contributed by atoms with E-state index >= 15 is 0 Å². The SMILES string of the molecule is C[C@@H]1[CH+][C@@H]2CC[C@@H](C2)C1. The van der Waals surface area contributed by atoms with Crippen molar-refractivity contribution < 1.29 is 0 Å². The van der Waals surface area contributed by atoms with Crippen LogP contribution in [-0.2, 0) is 0 Å². The largest absolute Gasteiger partial charge is 0.0983 e. The van der Waals surface area contributed by atoms with Crippen molar-refractivity contribution in [3.63, 3.8) is 0 Å². The molecule has 0 aliphatic heterocycles. The van der Waals surface area contributed by atoms with Gasteiger partial charge in [-0.3, -0.25) is 0 Å². The Morgan fingerprint density at radius 3 is 2.89 bits per heavy atom. The standard InChI is InChI=1S/C9H15/c1-7-4-8-2-3-9(5-7)6-8/h4,7-9H,2-3,5-6H2,1H3/q+1/t7-,8+,9-/m1/s1. The molecule has 0 amide bonds. The molecule has 0 spiro atoms. The molecule has 0 N–H and O–H groups in total. The molecular formula is C9H15+. The predicted molar refractivity (Wildman–Crippen MR) is 38.9 cm³/mol. The van der Waals surface area contributed by atoms with E-state index in [1.54, 1.807) is 0 Å². The number of rotatable bonds is 0. The predicted octanol–water partition coefficient (Wildman–Crippen LogP) is 2.65. The molecule has 0 radical (unpaired) electrons. The van der Waals surface area contributed by atoms with Crippen LogP contribution in [0.15, 0.2) is 0 Å². The summed E-state index contributed by atoms with van der Waals surface area (Å²) in [5.74, 6) is 3.05. The quantitative estimate of drug-likeness (QED) is 0.434. The summed E-state index contributed by atoms with van der Waals surface area (Å²) < 4.78 is 0. The van der Waals surface area contributed by atoms with Gasteiger partial charge in [0.1, 0.15) is 0 Å². The Morgan fingerprint density at radius 1 is 1.22 bits per heavy atom. The third-order valence-corrected chi connectivity index (χ3v) is 2.89. The summed E-state index contributed by atoms with van der Waals surface area (Å²) in [5, 5.41) is 0. The number of hydrogen-bond donors (Lipinski definition) is 0. The van der Waals surface area contributed by atoms with E-state index < -0.39 is 0 Å². The van der Waals surface area contributed by atoms with Crippen molar-refractivity contribution in [3.8, 4) is 0 Å². The van der Waals surface area contributed by atoms with Crippen molar-refractivity contribution in [1.82, 2.24) is 0 Å². The molecule has 0 saturated heterocycles. The summed E-state index contributed by atoms with van der Waals surface area (Å²) >= 11 is 0. The van der Waals surface area contributed by atoms with Crippen molar-refractivity contribution >= 4 is 0 Å². The highest BCUT2D eigenvalue weighted by Gasteiger charge is 2.38. The molecule has 0 aromatic rings. The minimum Gasteiger partial charge on any atom is -0.0458 e. The Bertz CT molecular complexity index is 94.6. The smallest absolute Gasteiger partial charge is 0.0458 e. The van der Waals surface area contributed by atoms with Crippen LogP contribution in [0.1, 0.15) is 32.6 Å². The van der Waals surface area contributed by atoms with Crippen LogP contribution in [0, 0.1) is 24.2 Å². The molecule has 0 aromatic heterocycles. The van der Waals surface area contributed by atoms with Gasteiger partial charge in [0.2, 0.25) is 0 Å². The Kier molecular flexibility index (Phi) is 1.21. The molecule has 50 valence electrons. The highest BCUT2D eigenvalue weighted by molar-refractivity contribution is 4.94. The zero-order chi connectivity index (χ0) is 6.27. The Labute approximate surface area is 57.6 Å². The maximum Gasteiger partial charge on any atom is 0.0983 e. The topological polar surface area (TPSA) is 0 Å². The number of fused-ring (bicyclic) bond motifs is 2. The second-order valence-electron chi connectivity index (χ2n) is 3.84. The van der Waals surface area contributed by atoms with Crippen molar-refractivity contribution in [2.75, 3.05) is 0 Å². The summed E-state index contributed by atoms with van der Waals surface area (Å²) in [7, 11) is 0. The van der Waals surface area contributed by atoms with Crippen molar-refractivity contribution in [2.45, 2.75) is 32.6 Å². The first kappa shape index (κ1) is 5.64. The molecule has 9 heavy (non-hydrogen) atoms. The third kappa shape index (κ3) is 0.953. The van der Waals surface area contributed by atoms with E-state index in [0.717, 1.165) is 17.8 Å². The van der Waals surface area contributed by atoms with Crippen LogP contribution >= 0.6 is 0 Å².